The first kappa shape index (κ1) is 15.9. The molecule has 0 saturated carbocycles. The number of ketones is 1. The van der Waals surface area contributed by atoms with Gasteiger partial charge in [0.2, 0.25) is 5.78 Å². The summed E-state index contributed by atoms with van der Waals surface area (Å²) in [5, 5.41) is 0.651. The molecule has 0 aliphatic heterocycles. The van der Waals surface area contributed by atoms with E-state index in [2.05, 4.69) is 20.9 Å². The van der Waals surface area contributed by atoms with E-state index < -0.39 is 0 Å². The van der Waals surface area contributed by atoms with E-state index in [1.54, 1.807) is 24.4 Å². The van der Waals surface area contributed by atoms with Crippen LogP contribution in [0.3, 0.4) is 0 Å². The Morgan fingerprint density at radius 3 is 2.87 bits per heavy atom. The fourth-order valence-corrected chi connectivity index (χ4v) is 2.66. The number of hydrogen-bond acceptors (Lipinski definition) is 4. The Hall–Kier alpha value is -1.98. The van der Waals surface area contributed by atoms with Gasteiger partial charge in [-0.2, -0.15) is 0 Å². The van der Waals surface area contributed by atoms with Crippen LogP contribution in [-0.4, -0.2) is 10.8 Å². The average molecular weight is 393 g/mol. The Bertz CT molecular complexity index is 981. The first-order valence-corrected chi connectivity index (χ1v) is 7.99. The largest absolute Gasteiger partial charge is 0.451 e. The number of halogens is 2. The Balaban J connectivity index is 1.99. The third kappa shape index (κ3) is 3.21. The van der Waals surface area contributed by atoms with Gasteiger partial charge in [-0.25, -0.2) is 0 Å². The highest BCUT2D eigenvalue weighted by Gasteiger charge is 2.15. The number of benzene rings is 1. The van der Waals surface area contributed by atoms with Crippen molar-refractivity contribution in [2.45, 2.75) is 13.3 Å². The number of para-hydroxylation sites is 1. The van der Waals surface area contributed by atoms with E-state index in [4.69, 9.17) is 16.0 Å². The smallest absolute Gasteiger partial charge is 0.204 e. The van der Waals surface area contributed by atoms with Gasteiger partial charge in [-0.1, -0.05) is 17.7 Å². The summed E-state index contributed by atoms with van der Waals surface area (Å²) >= 11 is 9.41. The van der Waals surface area contributed by atoms with E-state index in [-0.39, 0.29) is 29.0 Å². The SMILES string of the molecule is Cc1cc(CC(=O)c2cc(=O)c3cccc(Cl)c3o2)ncc1Br. The second-order valence-electron chi connectivity index (χ2n) is 5.12. The maximum atomic E-state index is 12.4. The van der Waals surface area contributed by atoms with Crippen molar-refractivity contribution >= 4 is 44.3 Å². The van der Waals surface area contributed by atoms with E-state index >= 15 is 0 Å². The van der Waals surface area contributed by atoms with Gasteiger partial charge >= 0.3 is 0 Å². The molecule has 4 nitrogen and oxygen atoms in total. The number of carbonyl (C=O) groups excluding carboxylic acids is 1. The molecule has 0 atom stereocenters. The lowest BCUT2D eigenvalue weighted by Gasteiger charge is -2.05. The lowest BCUT2D eigenvalue weighted by Crippen LogP contribution is -2.10. The van der Waals surface area contributed by atoms with Crippen molar-refractivity contribution in [3.63, 3.8) is 0 Å². The first-order chi connectivity index (χ1) is 11.0. The van der Waals surface area contributed by atoms with Crippen molar-refractivity contribution in [1.82, 2.24) is 4.98 Å². The highest BCUT2D eigenvalue weighted by atomic mass is 79.9. The number of aryl methyl sites for hydroxylation is 1. The molecular formula is C17H11BrClNO3. The van der Waals surface area contributed by atoms with Gasteiger partial charge in [0.15, 0.2) is 16.8 Å². The second kappa shape index (κ2) is 6.26. The summed E-state index contributed by atoms with van der Waals surface area (Å²) in [7, 11) is 0. The summed E-state index contributed by atoms with van der Waals surface area (Å²) in [6.45, 7) is 1.91. The molecule has 0 aliphatic carbocycles. The Labute approximate surface area is 145 Å². The number of carbonyl (C=O) groups is 1. The van der Waals surface area contributed by atoms with Crippen LogP contribution in [0.25, 0.3) is 11.0 Å². The van der Waals surface area contributed by atoms with E-state index in [9.17, 15) is 9.59 Å². The summed E-state index contributed by atoms with van der Waals surface area (Å²) < 4.78 is 6.42. The van der Waals surface area contributed by atoms with Gasteiger partial charge in [0.05, 0.1) is 16.8 Å². The number of nitrogens with zero attached hydrogens (tertiary/aromatic N) is 1. The molecular weight excluding hydrogens is 382 g/mol. The molecule has 2 aromatic heterocycles. The van der Waals surface area contributed by atoms with Crippen LogP contribution < -0.4 is 5.43 Å². The van der Waals surface area contributed by atoms with E-state index in [1.807, 2.05) is 13.0 Å². The summed E-state index contributed by atoms with van der Waals surface area (Å²) in [5.41, 5.74) is 1.52. The van der Waals surface area contributed by atoms with Crippen molar-refractivity contribution in [2.24, 2.45) is 0 Å². The molecule has 0 unspecified atom stereocenters. The topological polar surface area (TPSA) is 60.2 Å². The van der Waals surface area contributed by atoms with Crippen LogP contribution >= 0.6 is 27.5 Å². The van der Waals surface area contributed by atoms with Gasteiger partial charge in [-0.05, 0) is 46.6 Å². The summed E-state index contributed by atoms with van der Waals surface area (Å²) in [4.78, 5) is 28.7. The highest BCUT2D eigenvalue weighted by Crippen LogP contribution is 2.22. The van der Waals surface area contributed by atoms with Crippen LogP contribution in [0.15, 0.2) is 50.2 Å². The lowest BCUT2D eigenvalue weighted by atomic mass is 10.1. The van der Waals surface area contributed by atoms with Crippen LogP contribution in [0, 0.1) is 6.92 Å². The molecule has 6 heteroatoms. The fourth-order valence-electron chi connectivity index (χ4n) is 2.23. The van der Waals surface area contributed by atoms with Crippen LogP contribution in [0.1, 0.15) is 21.8 Å². The number of fused-ring (bicyclic) bond motifs is 1. The second-order valence-corrected chi connectivity index (χ2v) is 6.38. The molecule has 1 aromatic carbocycles. The molecule has 0 amide bonds. The van der Waals surface area contributed by atoms with Crippen molar-refractivity contribution in [1.29, 1.82) is 0 Å². The third-order valence-corrected chi connectivity index (χ3v) is 4.55. The Morgan fingerprint density at radius 1 is 1.35 bits per heavy atom. The minimum atomic E-state index is -0.321. The van der Waals surface area contributed by atoms with Crippen molar-refractivity contribution < 1.29 is 9.21 Å². The average Bonchev–Trinajstić information content (AvgIpc) is 2.52. The molecule has 0 saturated heterocycles. The van der Waals surface area contributed by atoms with E-state index in [1.165, 1.54) is 6.07 Å². The highest BCUT2D eigenvalue weighted by molar-refractivity contribution is 9.10. The maximum absolute atomic E-state index is 12.4. The minimum Gasteiger partial charge on any atom is -0.451 e. The quantitative estimate of drug-likeness (QED) is 0.622. The Morgan fingerprint density at radius 2 is 2.13 bits per heavy atom. The molecule has 3 aromatic rings. The van der Waals surface area contributed by atoms with Gasteiger partial charge in [0.1, 0.15) is 0 Å². The van der Waals surface area contributed by atoms with Gasteiger partial charge in [-0.3, -0.25) is 14.6 Å². The van der Waals surface area contributed by atoms with Crippen LogP contribution in [0.4, 0.5) is 0 Å². The van der Waals surface area contributed by atoms with Crippen molar-refractivity contribution in [2.75, 3.05) is 0 Å². The van der Waals surface area contributed by atoms with Crippen LogP contribution in [0.2, 0.25) is 5.02 Å². The molecule has 0 N–H and O–H groups in total. The third-order valence-electron chi connectivity index (χ3n) is 3.43. The predicted molar refractivity (Wildman–Crippen MR) is 92.2 cm³/mol. The number of aromatic nitrogens is 1. The molecule has 0 bridgehead atoms. The van der Waals surface area contributed by atoms with Crippen LogP contribution in [0.5, 0.6) is 0 Å². The Kier molecular flexibility index (Phi) is 4.33. The zero-order valence-electron chi connectivity index (χ0n) is 12.1. The number of pyridine rings is 1. The molecule has 23 heavy (non-hydrogen) atoms. The summed E-state index contributed by atoms with van der Waals surface area (Å²) in [5.74, 6) is -0.337. The predicted octanol–water partition coefficient (Wildman–Crippen LogP) is 4.34. The summed E-state index contributed by atoms with van der Waals surface area (Å²) in [6.07, 6.45) is 1.69. The standard InChI is InChI=1S/C17H11BrClNO3/c1-9-5-10(20-8-12(9)18)6-15(22)16-7-14(21)11-3-2-4-13(19)17(11)23-16/h2-5,7-8H,6H2,1H3. The van der Waals surface area contributed by atoms with Gasteiger partial charge in [0.25, 0.3) is 0 Å². The molecule has 0 radical (unpaired) electrons. The fraction of sp³-hybridized carbons (Fsp3) is 0.118. The van der Waals surface area contributed by atoms with Gasteiger partial charge in [0, 0.05) is 22.4 Å². The number of Topliss-reactive ketones (excluding diaryl/α,β-unsaturated/α-hetero) is 1. The van der Waals surface area contributed by atoms with Gasteiger partial charge in [-0.15, -0.1) is 0 Å². The monoisotopic (exact) mass is 391 g/mol. The van der Waals surface area contributed by atoms with Crippen molar-refractivity contribution in [3.05, 3.63) is 73.3 Å². The number of hydrogen-bond donors (Lipinski definition) is 0. The molecule has 2 heterocycles. The van der Waals surface area contributed by atoms with E-state index in [0.29, 0.717) is 16.1 Å². The van der Waals surface area contributed by atoms with Crippen molar-refractivity contribution in [3.8, 4) is 0 Å². The number of rotatable bonds is 3. The zero-order chi connectivity index (χ0) is 16.6. The molecule has 0 spiro atoms. The molecule has 0 aliphatic rings. The lowest BCUT2D eigenvalue weighted by molar-refractivity contribution is 0.0966. The normalized spacial score (nSPS) is 10.9. The molecule has 0 fully saturated rings. The minimum absolute atomic E-state index is 0.0158. The molecule has 3 rings (SSSR count). The molecule has 116 valence electrons. The maximum Gasteiger partial charge on any atom is 0.204 e. The van der Waals surface area contributed by atoms with Gasteiger partial charge < -0.3 is 4.42 Å². The first-order valence-electron chi connectivity index (χ1n) is 6.82. The van der Waals surface area contributed by atoms with Crippen LogP contribution in [-0.2, 0) is 6.42 Å². The zero-order valence-corrected chi connectivity index (χ0v) is 14.4. The summed E-state index contributed by atoms with van der Waals surface area (Å²) in [6, 6.07) is 7.90. The van der Waals surface area contributed by atoms with E-state index in [0.717, 1.165) is 10.0 Å².